The predicted octanol–water partition coefficient (Wildman–Crippen LogP) is 1.30. The third-order valence-electron chi connectivity index (χ3n) is 4.79. The number of amides is 2. The second kappa shape index (κ2) is 6.32. The molecule has 0 spiro atoms. The Morgan fingerprint density at radius 2 is 1.81 bits per heavy atom. The van der Waals surface area contributed by atoms with Gasteiger partial charge in [-0.1, -0.05) is 42.5 Å². The van der Waals surface area contributed by atoms with E-state index < -0.39 is 22.9 Å². The third-order valence-corrected chi connectivity index (χ3v) is 4.79. The number of nitrogens with zero attached hydrogens (tertiary/aromatic N) is 2. The molecule has 0 bridgehead atoms. The van der Waals surface area contributed by atoms with Crippen LogP contribution in [0.1, 0.15) is 17.2 Å². The van der Waals surface area contributed by atoms with Crippen LogP contribution in [0.3, 0.4) is 0 Å². The molecule has 2 aromatic carbocycles. The quantitative estimate of drug-likeness (QED) is 0.488. The SMILES string of the molecule is O=C1NC(=O)C2C1C(c1cccc([N+](=O)[O-])c1)NN2Cc1ccccc1. The van der Waals surface area contributed by atoms with Gasteiger partial charge in [-0.2, -0.15) is 0 Å². The average molecular weight is 352 g/mol. The van der Waals surface area contributed by atoms with Gasteiger partial charge >= 0.3 is 0 Å². The van der Waals surface area contributed by atoms with Gasteiger partial charge in [-0.25, -0.2) is 10.4 Å². The minimum Gasteiger partial charge on any atom is -0.295 e. The van der Waals surface area contributed by atoms with E-state index in [1.807, 2.05) is 30.3 Å². The zero-order valence-electron chi connectivity index (χ0n) is 13.7. The van der Waals surface area contributed by atoms with Crippen molar-refractivity contribution in [3.63, 3.8) is 0 Å². The largest absolute Gasteiger partial charge is 0.295 e. The number of hydrazine groups is 1. The molecule has 26 heavy (non-hydrogen) atoms. The number of rotatable bonds is 4. The van der Waals surface area contributed by atoms with Crippen molar-refractivity contribution in [2.45, 2.75) is 18.6 Å². The van der Waals surface area contributed by atoms with Gasteiger partial charge in [-0.3, -0.25) is 25.0 Å². The highest BCUT2D eigenvalue weighted by Crippen LogP contribution is 2.38. The van der Waals surface area contributed by atoms with Crippen LogP contribution < -0.4 is 10.7 Å². The van der Waals surface area contributed by atoms with Crippen LogP contribution in [-0.2, 0) is 16.1 Å². The van der Waals surface area contributed by atoms with Crippen LogP contribution in [-0.4, -0.2) is 27.8 Å². The van der Waals surface area contributed by atoms with Crippen LogP contribution in [0.15, 0.2) is 54.6 Å². The number of hydrogen-bond donors (Lipinski definition) is 2. The molecule has 8 nitrogen and oxygen atoms in total. The van der Waals surface area contributed by atoms with E-state index >= 15 is 0 Å². The fraction of sp³-hybridized carbons (Fsp3) is 0.222. The van der Waals surface area contributed by atoms with E-state index in [0.717, 1.165) is 5.56 Å². The smallest absolute Gasteiger partial charge is 0.269 e. The van der Waals surface area contributed by atoms with Crippen molar-refractivity contribution in [2.24, 2.45) is 5.92 Å². The van der Waals surface area contributed by atoms with Crippen LogP contribution in [0, 0.1) is 16.0 Å². The normalized spacial score (nSPS) is 25.2. The summed E-state index contributed by atoms with van der Waals surface area (Å²) in [6.07, 6.45) is 0. The van der Waals surface area contributed by atoms with Gasteiger partial charge in [0.25, 0.3) is 5.69 Å². The topological polar surface area (TPSA) is 105 Å². The van der Waals surface area contributed by atoms with Crippen molar-refractivity contribution < 1.29 is 14.5 Å². The molecule has 132 valence electrons. The molecule has 2 N–H and O–H groups in total. The molecule has 2 saturated heterocycles. The monoisotopic (exact) mass is 352 g/mol. The summed E-state index contributed by atoms with van der Waals surface area (Å²) in [5.74, 6) is -1.34. The number of fused-ring (bicyclic) bond motifs is 1. The minimum absolute atomic E-state index is 0.0490. The highest BCUT2D eigenvalue weighted by atomic mass is 16.6. The first-order chi connectivity index (χ1) is 12.5. The van der Waals surface area contributed by atoms with Gasteiger partial charge in [0.05, 0.1) is 16.9 Å². The number of nitro benzene ring substituents is 1. The Kier molecular flexibility index (Phi) is 3.98. The number of hydrogen-bond acceptors (Lipinski definition) is 6. The van der Waals surface area contributed by atoms with Crippen molar-refractivity contribution in [1.29, 1.82) is 0 Å². The second-order valence-electron chi connectivity index (χ2n) is 6.40. The number of carbonyl (C=O) groups excluding carboxylic acids is 2. The first kappa shape index (κ1) is 16.4. The summed E-state index contributed by atoms with van der Waals surface area (Å²) in [6, 6.07) is 14.6. The summed E-state index contributed by atoms with van der Waals surface area (Å²) in [5, 5.41) is 15.2. The van der Waals surface area contributed by atoms with Gasteiger partial charge in [0.2, 0.25) is 11.8 Å². The van der Waals surface area contributed by atoms with Crippen LogP contribution >= 0.6 is 0 Å². The molecule has 0 aliphatic carbocycles. The average Bonchev–Trinajstić information content (AvgIpc) is 3.15. The maximum absolute atomic E-state index is 12.3. The molecule has 2 aliphatic rings. The third kappa shape index (κ3) is 2.75. The van der Waals surface area contributed by atoms with Gasteiger partial charge in [0, 0.05) is 18.7 Å². The highest BCUT2D eigenvalue weighted by Gasteiger charge is 2.54. The lowest BCUT2D eigenvalue weighted by Crippen LogP contribution is -2.43. The molecule has 2 amide bonds. The molecule has 2 fully saturated rings. The van der Waals surface area contributed by atoms with Gasteiger partial charge in [0.1, 0.15) is 6.04 Å². The standard InChI is InChI=1S/C18H16N4O4/c23-17-14-15(12-7-4-8-13(9-12)22(25)26)20-21(16(14)18(24)19-17)10-11-5-2-1-3-6-11/h1-9,14-16,20H,10H2,(H,19,23,24). The molecule has 0 radical (unpaired) electrons. The Balaban J connectivity index is 1.68. The minimum atomic E-state index is -0.646. The molecular weight excluding hydrogens is 336 g/mol. The maximum atomic E-state index is 12.3. The molecule has 4 rings (SSSR count). The number of carbonyl (C=O) groups is 2. The Bertz CT molecular complexity index is 886. The zero-order chi connectivity index (χ0) is 18.3. The lowest BCUT2D eigenvalue weighted by atomic mass is 9.90. The lowest BCUT2D eigenvalue weighted by molar-refractivity contribution is -0.384. The molecule has 0 saturated carbocycles. The van der Waals surface area contributed by atoms with Crippen molar-refractivity contribution in [3.8, 4) is 0 Å². The molecule has 2 aliphatic heterocycles. The molecule has 3 atom stereocenters. The van der Waals surface area contributed by atoms with E-state index in [-0.39, 0.29) is 17.5 Å². The van der Waals surface area contributed by atoms with E-state index in [2.05, 4.69) is 10.7 Å². The van der Waals surface area contributed by atoms with Crippen molar-refractivity contribution in [2.75, 3.05) is 0 Å². The molecular formula is C18H16N4O4. The van der Waals surface area contributed by atoms with Crippen LogP contribution in [0.2, 0.25) is 0 Å². The summed E-state index contributed by atoms with van der Waals surface area (Å²) in [6.45, 7) is 0.439. The van der Waals surface area contributed by atoms with E-state index in [1.165, 1.54) is 12.1 Å². The Morgan fingerprint density at radius 3 is 2.54 bits per heavy atom. The summed E-state index contributed by atoms with van der Waals surface area (Å²) in [5.41, 5.74) is 4.76. The Hall–Kier alpha value is -3.10. The van der Waals surface area contributed by atoms with Gasteiger partial charge in [-0.05, 0) is 11.1 Å². The molecule has 8 heteroatoms. The van der Waals surface area contributed by atoms with E-state index in [9.17, 15) is 19.7 Å². The van der Waals surface area contributed by atoms with Crippen LogP contribution in [0.25, 0.3) is 0 Å². The molecule has 0 aromatic heterocycles. The summed E-state index contributed by atoms with van der Waals surface area (Å²) in [7, 11) is 0. The number of nitrogens with one attached hydrogen (secondary N) is 2. The number of imide groups is 1. The maximum Gasteiger partial charge on any atom is 0.269 e. The number of benzene rings is 2. The summed E-state index contributed by atoms with van der Waals surface area (Å²) < 4.78 is 0. The molecule has 2 aromatic rings. The van der Waals surface area contributed by atoms with Gasteiger partial charge in [-0.15, -0.1) is 0 Å². The molecule has 3 unspecified atom stereocenters. The second-order valence-corrected chi connectivity index (χ2v) is 6.40. The van der Waals surface area contributed by atoms with Crippen molar-refractivity contribution >= 4 is 17.5 Å². The zero-order valence-corrected chi connectivity index (χ0v) is 13.7. The predicted molar refractivity (Wildman–Crippen MR) is 91.4 cm³/mol. The Morgan fingerprint density at radius 1 is 1.04 bits per heavy atom. The molecule has 2 heterocycles. The van der Waals surface area contributed by atoms with E-state index in [0.29, 0.717) is 12.1 Å². The number of non-ortho nitro benzene ring substituents is 1. The van der Waals surface area contributed by atoms with Crippen LogP contribution in [0.4, 0.5) is 5.69 Å². The lowest BCUT2D eigenvalue weighted by Gasteiger charge is -2.22. The Labute approximate surface area is 148 Å². The van der Waals surface area contributed by atoms with E-state index in [1.54, 1.807) is 17.1 Å². The fourth-order valence-electron chi connectivity index (χ4n) is 3.63. The number of nitro groups is 1. The first-order valence-corrected chi connectivity index (χ1v) is 8.20. The summed E-state index contributed by atoms with van der Waals surface area (Å²) in [4.78, 5) is 35.2. The highest BCUT2D eigenvalue weighted by molar-refractivity contribution is 6.07. The van der Waals surface area contributed by atoms with Crippen molar-refractivity contribution in [3.05, 3.63) is 75.8 Å². The van der Waals surface area contributed by atoms with Gasteiger partial charge < -0.3 is 0 Å². The fourth-order valence-corrected chi connectivity index (χ4v) is 3.63. The summed E-state index contributed by atoms with van der Waals surface area (Å²) >= 11 is 0. The van der Waals surface area contributed by atoms with Crippen molar-refractivity contribution in [1.82, 2.24) is 15.8 Å². The van der Waals surface area contributed by atoms with E-state index in [4.69, 9.17) is 0 Å². The van der Waals surface area contributed by atoms with Crippen LogP contribution in [0.5, 0.6) is 0 Å². The van der Waals surface area contributed by atoms with Gasteiger partial charge in [0.15, 0.2) is 0 Å². The first-order valence-electron chi connectivity index (χ1n) is 8.20.